The number of nitrogens with zero attached hydrogens (tertiary/aromatic N) is 1. The first-order chi connectivity index (χ1) is 6.65. The lowest BCUT2D eigenvalue weighted by molar-refractivity contribution is 0.474. The predicted molar refractivity (Wildman–Crippen MR) is 60.5 cm³/mol. The molecule has 0 saturated heterocycles. The van der Waals surface area contributed by atoms with E-state index in [1.165, 1.54) is 0 Å². The fraction of sp³-hybridized carbons (Fsp3) is 0.364. The number of halogens is 1. The van der Waals surface area contributed by atoms with Gasteiger partial charge in [-0.2, -0.15) is 0 Å². The van der Waals surface area contributed by atoms with Crippen LogP contribution < -0.4 is 0 Å². The van der Waals surface area contributed by atoms with E-state index in [0.29, 0.717) is 10.6 Å². The molecule has 0 amide bonds. The first kappa shape index (κ1) is 11.1. The normalized spacial score (nSPS) is 11.8. The average molecular weight is 212 g/mol. The molecule has 0 aromatic heterocycles. The molecule has 0 fully saturated rings. The molecule has 1 aromatic carbocycles. The minimum Gasteiger partial charge on any atom is -0.507 e. The number of aliphatic imine (C=N–C) groups is 1. The maximum Gasteiger partial charge on any atom is 0.124 e. The second-order valence-corrected chi connectivity index (χ2v) is 3.57. The highest BCUT2D eigenvalue weighted by molar-refractivity contribution is 6.31. The number of phenols is 1. The van der Waals surface area contributed by atoms with E-state index in [9.17, 15) is 5.11 Å². The Balaban J connectivity index is 2.99. The van der Waals surface area contributed by atoms with Crippen molar-refractivity contribution in [1.82, 2.24) is 0 Å². The molecule has 76 valence electrons. The summed E-state index contributed by atoms with van der Waals surface area (Å²) in [5.74, 6) is 0.228. The van der Waals surface area contributed by atoms with Gasteiger partial charge in [-0.1, -0.05) is 18.5 Å². The highest BCUT2D eigenvalue weighted by Crippen LogP contribution is 2.22. The molecule has 0 aliphatic heterocycles. The third-order valence-corrected chi connectivity index (χ3v) is 2.16. The molecule has 0 radical (unpaired) electrons. The zero-order chi connectivity index (χ0) is 10.6. The van der Waals surface area contributed by atoms with Gasteiger partial charge in [-0.05, 0) is 31.5 Å². The van der Waals surface area contributed by atoms with Gasteiger partial charge in [-0.15, -0.1) is 0 Å². The van der Waals surface area contributed by atoms with Crippen LogP contribution in [0.4, 0.5) is 0 Å². The standard InChI is InChI=1S/C11H14ClNO/c1-3-6-13-8(2)10-7-9(12)4-5-11(10)14/h4-5,7,14H,3,6H2,1-2H3. The maximum atomic E-state index is 9.57. The number of hydrogen-bond donors (Lipinski definition) is 1. The summed E-state index contributed by atoms with van der Waals surface area (Å²) in [6, 6.07) is 4.97. The van der Waals surface area contributed by atoms with Gasteiger partial charge in [-0.25, -0.2) is 0 Å². The second kappa shape index (κ2) is 5.01. The van der Waals surface area contributed by atoms with Crippen LogP contribution in [0.15, 0.2) is 23.2 Å². The summed E-state index contributed by atoms with van der Waals surface area (Å²) >= 11 is 5.83. The first-order valence-corrected chi connectivity index (χ1v) is 5.03. The van der Waals surface area contributed by atoms with Gasteiger partial charge in [0.1, 0.15) is 5.75 Å². The third kappa shape index (κ3) is 2.74. The summed E-state index contributed by atoms with van der Waals surface area (Å²) < 4.78 is 0. The van der Waals surface area contributed by atoms with Gasteiger partial charge in [0.2, 0.25) is 0 Å². The number of hydrogen-bond acceptors (Lipinski definition) is 2. The van der Waals surface area contributed by atoms with Crippen LogP contribution in [0.1, 0.15) is 25.8 Å². The average Bonchev–Trinajstić information content (AvgIpc) is 2.18. The van der Waals surface area contributed by atoms with Gasteiger partial charge in [0, 0.05) is 22.8 Å². The highest BCUT2D eigenvalue weighted by atomic mass is 35.5. The van der Waals surface area contributed by atoms with Gasteiger partial charge in [-0.3, -0.25) is 4.99 Å². The lowest BCUT2D eigenvalue weighted by Gasteiger charge is -2.04. The van der Waals surface area contributed by atoms with Crippen molar-refractivity contribution in [2.24, 2.45) is 4.99 Å². The van der Waals surface area contributed by atoms with Crippen LogP contribution in [0.5, 0.6) is 5.75 Å². The molecule has 3 heteroatoms. The van der Waals surface area contributed by atoms with E-state index in [-0.39, 0.29) is 5.75 Å². The van der Waals surface area contributed by atoms with E-state index in [0.717, 1.165) is 18.7 Å². The zero-order valence-electron chi connectivity index (χ0n) is 8.42. The molecule has 0 aliphatic carbocycles. The molecular weight excluding hydrogens is 198 g/mol. The number of rotatable bonds is 3. The summed E-state index contributed by atoms with van der Waals surface area (Å²) in [7, 11) is 0. The smallest absolute Gasteiger partial charge is 0.124 e. The van der Waals surface area contributed by atoms with Crippen molar-refractivity contribution in [1.29, 1.82) is 0 Å². The Morgan fingerprint density at radius 2 is 2.21 bits per heavy atom. The molecule has 1 rings (SSSR count). The lowest BCUT2D eigenvalue weighted by Crippen LogP contribution is -1.96. The minimum atomic E-state index is 0.228. The Labute approximate surface area is 89.2 Å². The minimum absolute atomic E-state index is 0.228. The zero-order valence-corrected chi connectivity index (χ0v) is 9.17. The Bertz CT molecular complexity index is 347. The fourth-order valence-electron chi connectivity index (χ4n) is 1.16. The van der Waals surface area contributed by atoms with E-state index >= 15 is 0 Å². The van der Waals surface area contributed by atoms with E-state index in [1.54, 1.807) is 18.2 Å². The molecule has 0 aliphatic rings. The SMILES string of the molecule is CCCN=C(C)c1cc(Cl)ccc1O. The number of phenolic OH excluding ortho intramolecular Hbond substituents is 1. The predicted octanol–water partition coefficient (Wildman–Crippen LogP) is 3.26. The third-order valence-electron chi connectivity index (χ3n) is 1.92. The Hall–Kier alpha value is -1.02. The first-order valence-electron chi connectivity index (χ1n) is 4.65. The van der Waals surface area contributed by atoms with Crippen LogP contribution in [0.2, 0.25) is 5.02 Å². The summed E-state index contributed by atoms with van der Waals surface area (Å²) in [6.07, 6.45) is 0.999. The molecule has 14 heavy (non-hydrogen) atoms. The number of benzene rings is 1. The summed E-state index contributed by atoms with van der Waals surface area (Å²) in [4.78, 5) is 4.31. The molecule has 0 spiro atoms. The molecular formula is C11H14ClNO. The molecule has 0 unspecified atom stereocenters. The van der Waals surface area contributed by atoms with Crippen LogP contribution in [-0.4, -0.2) is 17.4 Å². The van der Waals surface area contributed by atoms with Crippen LogP contribution in [0.25, 0.3) is 0 Å². The van der Waals surface area contributed by atoms with Gasteiger partial charge in [0.25, 0.3) is 0 Å². The Kier molecular flexibility index (Phi) is 3.96. The van der Waals surface area contributed by atoms with E-state index in [4.69, 9.17) is 11.6 Å². The second-order valence-electron chi connectivity index (χ2n) is 3.13. The van der Waals surface area contributed by atoms with Crippen molar-refractivity contribution in [3.05, 3.63) is 28.8 Å². The molecule has 0 saturated carbocycles. The monoisotopic (exact) mass is 211 g/mol. The lowest BCUT2D eigenvalue weighted by atomic mass is 10.1. The molecule has 0 atom stereocenters. The molecule has 2 nitrogen and oxygen atoms in total. The van der Waals surface area contributed by atoms with Gasteiger partial charge >= 0.3 is 0 Å². The Morgan fingerprint density at radius 1 is 1.50 bits per heavy atom. The van der Waals surface area contributed by atoms with Gasteiger partial charge < -0.3 is 5.11 Å². The summed E-state index contributed by atoms with van der Waals surface area (Å²) in [6.45, 7) is 4.72. The maximum absolute atomic E-state index is 9.57. The van der Waals surface area contributed by atoms with Crippen molar-refractivity contribution in [3.8, 4) is 5.75 Å². The van der Waals surface area contributed by atoms with Crippen molar-refractivity contribution in [3.63, 3.8) is 0 Å². The molecule has 1 aromatic rings. The largest absolute Gasteiger partial charge is 0.507 e. The van der Waals surface area contributed by atoms with Gasteiger partial charge in [0.15, 0.2) is 0 Å². The van der Waals surface area contributed by atoms with Crippen molar-refractivity contribution in [2.75, 3.05) is 6.54 Å². The molecule has 0 heterocycles. The van der Waals surface area contributed by atoms with Crippen molar-refractivity contribution >= 4 is 17.3 Å². The fourth-order valence-corrected chi connectivity index (χ4v) is 1.33. The topological polar surface area (TPSA) is 32.6 Å². The van der Waals surface area contributed by atoms with Crippen LogP contribution >= 0.6 is 11.6 Å². The van der Waals surface area contributed by atoms with E-state index in [2.05, 4.69) is 11.9 Å². The van der Waals surface area contributed by atoms with Crippen LogP contribution in [0.3, 0.4) is 0 Å². The van der Waals surface area contributed by atoms with Crippen molar-refractivity contribution < 1.29 is 5.11 Å². The quantitative estimate of drug-likeness (QED) is 0.765. The molecule has 1 N–H and O–H groups in total. The molecule has 0 bridgehead atoms. The Morgan fingerprint density at radius 3 is 2.86 bits per heavy atom. The van der Waals surface area contributed by atoms with Crippen molar-refractivity contribution in [2.45, 2.75) is 20.3 Å². The van der Waals surface area contributed by atoms with Crippen LogP contribution in [0, 0.1) is 0 Å². The van der Waals surface area contributed by atoms with E-state index < -0.39 is 0 Å². The highest BCUT2D eigenvalue weighted by Gasteiger charge is 2.04. The van der Waals surface area contributed by atoms with Gasteiger partial charge in [0.05, 0.1) is 0 Å². The summed E-state index contributed by atoms with van der Waals surface area (Å²) in [5, 5.41) is 10.2. The van der Waals surface area contributed by atoms with E-state index in [1.807, 2.05) is 6.92 Å². The number of aromatic hydroxyl groups is 1. The van der Waals surface area contributed by atoms with Crippen LogP contribution in [-0.2, 0) is 0 Å². The summed E-state index contributed by atoms with van der Waals surface area (Å²) in [5.41, 5.74) is 1.54.